The van der Waals surface area contributed by atoms with E-state index in [-0.39, 0.29) is 6.04 Å². The number of benzene rings is 1. The molecule has 0 aromatic heterocycles. The molecule has 1 aliphatic heterocycles. The van der Waals surface area contributed by atoms with Crippen molar-refractivity contribution in [3.8, 4) is 5.75 Å². The fourth-order valence-corrected chi connectivity index (χ4v) is 2.99. The van der Waals surface area contributed by atoms with Gasteiger partial charge < -0.3 is 20.3 Å². The molecule has 20 heavy (non-hydrogen) atoms. The second-order valence-electron chi connectivity index (χ2n) is 5.58. The van der Waals surface area contributed by atoms with Gasteiger partial charge in [0.05, 0.1) is 12.1 Å². The summed E-state index contributed by atoms with van der Waals surface area (Å²) in [4.78, 5) is 4.70. The fraction of sp³-hybridized carbons (Fsp3) is 0.600. The number of nitrogens with two attached hydrogens (primary N) is 1. The maximum absolute atomic E-state index is 6.50. The monoisotopic (exact) mass is 297 g/mol. The molecule has 0 radical (unpaired) electrons. The Morgan fingerprint density at radius 1 is 1.35 bits per heavy atom. The molecule has 5 heteroatoms. The zero-order valence-electron chi connectivity index (χ0n) is 12.5. The standard InChI is InChI=1S/C15H24ClN3O/c1-18-7-4-8-19(2)13(10-18)15(17)11-5-6-12(16)14(9-11)20-3/h5-6,9,13,15H,4,7-8,10,17H2,1-3H3. The van der Waals surface area contributed by atoms with E-state index in [1.807, 2.05) is 18.2 Å². The van der Waals surface area contributed by atoms with Crippen LogP contribution in [0.2, 0.25) is 5.02 Å². The third-order valence-electron chi connectivity index (χ3n) is 4.09. The van der Waals surface area contributed by atoms with E-state index in [9.17, 15) is 0 Å². The minimum Gasteiger partial charge on any atom is -0.495 e. The lowest BCUT2D eigenvalue weighted by atomic mass is 9.98. The van der Waals surface area contributed by atoms with Gasteiger partial charge in [-0.15, -0.1) is 0 Å². The molecule has 1 aliphatic rings. The molecule has 1 aromatic rings. The van der Waals surface area contributed by atoms with Gasteiger partial charge in [-0.05, 0) is 51.3 Å². The summed E-state index contributed by atoms with van der Waals surface area (Å²) >= 11 is 6.08. The lowest BCUT2D eigenvalue weighted by Crippen LogP contribution is -2.45. The van der Waals surface area contributed by atoms with Gasteiger partial charge in [-0.3, -0.25) is 0 Å². The summed E-state index contributed by atoms with van der Waals surface area (Å²) in [6.45, 7) is 3.17. The zero-order chi connectivity index (χ0) is 14.7. The second kappa shape index (κ2) is 6.76. The van der Waals surface area contributed by atoms with Gasteiger partial charge in [-0.1, -0.05) is 17.7 Å². The number of nitrogens with zero attached hydrogens (tertiary/aromatic N) is 2. The third kappa shape index (κ3) is 3.44. The molecule has 0 aliphatic carbocycles. The first kappa shape index (κ1) is 15.6. The lowest BCUT2D eigenvalue weighted by molar-refractivity contribution is 0.196. The molecule has 1 heterocycles. The molecule has 2 unspecified atom stereocenters. The Bertz CT molecular complexity index is 455. The summed E-state index contributed by atoms with van der Waals surface area (Å²) in [5.41, 5.74) is 7.57. The lowest BCUT2D eigenvalue weighted by Gasteiger charge is -2.32. The second-order valence-corrected chi connectivity index (χ2v) is 5.99. The number of rotatable bonds is 3. The van der Waals surface area contributed by atoms with Gasteiger partial charge in [0.25, 0.3) is 0 Å². The molecule has 0 spiro atoms. The average molecular weight is 298 g/mol. The van der Waals surface area contributed by atoms with E-state index in [2.05, 4.69) is 23.9 Å². The molecule has 1 saturated heterocycles. The van der Waals surface area contributed by atoms with E-state index in [1.54, 1.807) is 7.11 Å². The Kier molecular flexibility index (Phi) is 5.27. The Labute approximate surface area is 126 Å². The van der Waals surface area contributed by atoms with Crippen molar-refractivity contribution in [2.75, 3.05) is 40.8 Å². The van der Waals surface area contributed by atoms with Crippen LogP contribution in [-0.4, -0.2) is 56.7 Å². The average Bonchev–Trinajstić information content (AvgIpc) is 2.60. The minimum absolute atomic E-state index is 0.0493. The van der Waals surface area contributed by atoms with E-state index >= 15 is 0 Å². The Morgan fingerprint density at radius 3 is 2.80 bits per heavy atom. The van der Waals surface area contributed by atoms with Crippen LogP contribution < -0.4 is 10.5 Å². The number of likely N-dealkylation sites (N-methyl/N-ethyl adjacent to an activating group) is 2. The van der Waals surface area contributed by atoms with Crippen molar-refractivity contribution < 1.29 is 4.74 Å². The first-order valence-electron chi connectivity index (χ1n) is 7.00. The number of hydrogen-bond acceptors (Lipinski definition) is 4. The predicted molar refractivity (Wildman–Crippen MR) is 83.5 cm³/mol. The van der Waals surface area contributed by atoms with Crippen LogP contribution in [0.4, 0.5) is 0 Å². The first-order chi connectivity index (χ1) is 9.52. The van der Waals surface area contributed by atoms with Crippen LogP contribution in [-0.2, 0) is 0 Å². The van der Waals surface area contributed by atoms with Gasteiger partial charge in [-0.25, -0.2) is 0 Å². The Morgan fingerprint density at radius 2 is 2.10 bits per heavy atom. The third-order valence-corrected chi connectivity index (χ3v) is 4.40. The quantitative estimate of drug-likeness (QED) is 0.926. The molecule has 2 atom stereocenters. The van der Waals surface area contributed by atoms with Crippen LogP contribution in [0.1, 0.15) is 18.0 Å². The van der Waals surface area contributed by atoms with Crippen molar-refractivity contribution in [3.63, 3.8) is 0 Å². The number of halogens is 1. The molecule has 1 aromatic carbocycles. The first-order valence-corrected chi connectivity index (χ1v) is 7.38. The van der Waals surface area contributed by atoms with Crippen molar-refractivity contribution in [2.45, 2.75) is 18.5 Å². The largest absolute Gasteiger partial charge is 0.495 e. The van der Waals surface area contributed by atoms with E-state index in [0.717, 1.165) is 25.2 Å². The van der Waals surface area contributed by atoms with Crippen LogP contribution in [0.5, 0.6) is 5.75 Å². The predicted octanol–water partition coefficient (Wildman–Crippen LogP) is 1.98. The van der Waals surface area contributed by atoms with Gasteiger partial charge in [-0.2, -0.15) is 0 Å². The highest BCUT2D eigenvalue weighted by Crippen LogP contribution is 2.29. The number of methoxy groups -OCH3 is 1. The summed E-state index contributed by atoms with van der Waals surface area (Å²) in [7, 11) is 5.93. The summed E-state index contributed by atoms with van der Waals surface area (Å²) in [6, 6.07) is 6.05. The van der Waals surface area contributed by atoms with E-state index in [4.69, 9.17) is 22.1 Å². The molecule has 2 rings (SSSR count). The smallest absolute Gasteiger partial charge is 0.137 e. The van der Waals surface area contributed by atoms with Crippen LogP contribution in [0.15, 0.2) is 18.2 Å². The minimum atomic E-state index is -0.0493. The Hall–Kier alpha value is -0.810. The molecule has 2 N–H and O–H groups in total. The maximum Gasteiger partial charge on any atom is 0.137 e. The summed E-state index contributed by atoms with van der Waals surface area (Å²) < 4.78 is 5.28. The maximum atomic E-state index is 6.50. The van der Waals surface area contributed by atoms with Crippen LogP contribution in [0, 0.1) is 0 Å². The van der Waals surface area contributed by atoms with Crippen molar-refractivity contribution in [1.82, 2.24) is 9.80 Å². The van der Waals surface area contributed by atoms with Crippen molar-refractivity contribution >= 4 is 11.6 Å². The molecular formula is C15H24ClN3O. The van der Waals surface area contributed by atoms with Crippen molar-refractivity contribution in [2.24, 2.45) is 5.73 Å². The van der Waals surface area contributed by atoms with Crippen molar-refractivity contribution in [3.05, 3.63) is 28.8 Å². The molecule has 1 fully saturated rings. The fourth-order valence-electron chi connectivity index (χ4n) is 2.80. The summed E-state index contributed by atoms with van der Waals surface area (Å²) in [5, 5.41) is 0.620. The molecule has 4 nitrogen and oxygen atoms in total. The van der Waals surface area contributed by atoms with Gasteiger partial charge in [0.1, 0.15) is 5.75 Å². The van der Waals surface area contributed by atoms with E-state index in [0.29, 0.717) is 16.8 Å². The van der Waals surface area contributed by atoms with Gasteiger partial charge >= 0.3 is 0 Å². The van der Waals surface area contributed by atoms with Gasteiger partial charge in [0.2, 0.25) is 0 Å². The number of ether oxygens (including phenoxy) is 1. The summed E-state index contributed by atoms with van der Waals surface area (Å²) in [5.74, 6) is 0.684. The molecular weight excluding hydrogens is 274 g/mol. The molecule has 112 valence electrons. The molecule has 0 amide bonds. The normalized spacial score (nSPS) is 23.4. The Balaban J connectivity index is 2.22. The van der Waals surface area contributed by atoms with Crippen LogP contribution in [0.3, 0.4) is 0 Å². The zero-order valence-corrected chi connectivity index (χ0v) is 13.2. The highest BCUT2D eigenvalue weighted by atomic mass is 35.5. The highest BCUT2D eigenvalue weighted by molar-refractivity contribution is 6.32. The van der Waals surface area contributed by atoms with E-state index in [1.165, 1.54) is 6.42 Å². The van der Waals surface area contributed by atoms with Crippen LogP contribution in [0.25, 0.3) is 0 Å². The highest BCUT2D eigenvalue weighted by Gasteiger charge is 2.27. The topological polar surface area (TPSA) is 41.7 Å². The van der Waals surface area contributed by atoms with Crippen molar-refractivity contribution in [1.29, 1.82) is 0 Å². The summed E-state index contributed by atoms with van der Waals surface area (Å²) in [6.07, 6.45) is 1.18. The SMILES string of the molecule is COc1cc(C(N)C2CN(C)CCCN2C)ccc1Cl. The molecule has 0 saturated carbocycles. The van der Waals surface area contributed by atoms with E-state index < -0.39 is 0 Å². The number of hydrogen-bond donors (Lipinski definition) is 1. The van der Waals surface area contributed by atoms with Gasteiger partial charge in [0.15, 0.2) is 0 Å². The van der Waals surface area contributed by atoms with Crippen LogP contribution >= 0.6 is 11.6 Å². The van der Waals surface area contributed by atoms with Gasteiger partial charge in [0, 0.05) is 18.6 Å². The molecule has 0 bridgehead atoms.